The molecule has 3 N–H and O–H groups in total. The molecule has 0 fully saturated rings. The van der Waals surface area contributed by atoms with Crippen LogP contribution >= 0.6 is 12.4 Å². The lowest BCUT2D eigenvalue weighted by molar-refractivity contribution is -0.386. The van der Waals surface area contributed by atoms with Gasteiger partial charge in [-0.2, -0.15) is 0 Å². The van der Waals surface area contributed by atoms with Crippen LogP contribution in [0.15, 0.2) is 12.1 Å². The van der Waals surface area contributed by atoms with Crippen molar-refractivity contribution in [3.8, 4) is 5.75 Å². The van der Waals surface area contributed by atoms with Gasteiger partial charge < -0.3 is 10.8 Å². The van der Waals surface area contributed by atoms with E-state index in [1.807, 2.05) is 0 Å². The first-order valence-corrected chi connectivity index (χ1v) is 3.86. The van der Waals surface area contributed by atoms with Gasteiger partial charge >= 0.3 is 5.69 Å². The van der Waals surface area contributed by atoms with E-state index in [1.165, 1.54) is 6.92 Å². The van der Waals surface area contributed by atoms with E-state index in [-0.39, 0.29) is 18.0 Å². The maximum atomic E-state index is 12.9. The number of halogens is 2. The second-order valence-electron chi connectivity index (χ2n) is 2.91. The molecule has 0 aromatic heterocycles. The van der Waals surface area contributed by atoms with E-state index < -0.39 is 28.2 Å². The first-order chi connectivity index (χ1) is 6.43. The zero-order chi connectivity index (χ0) is 10.9. The van der Waals surface area contributed by atoms with Gasteiger partial charge in [0.15, 0.2) is 5.75 Å². The lowest BCUT2D eigenvalue weighted by Gasteiger charge is -2.08. The number of hydrogen-bond donors (Lipinski definition) is 2. The molecule has 0 saturated heterocycles. The van der Waals surface area contributed by atoms with Crippen LogP contribution in [0.1, 0.15) is 18.5 Å². The van der Waals surface area contributed by atoms with Gasteiger partial charge in [-0.25, -0.2) is 4.39 Å². The van der Waals surface area contributed by atoms with E-state index in [4.69, 9.17) is 5.73 Å². The van der Waals surface area contributed by atoms with Crippen LogP contribution < -0.4 is 5.73 Å². The quantitative estimate of drug-likeness (QED) is 0.606. The SMILES string of the molecule is C[C@@H](N)c1cc(F)cc([N+](=O)[O-])c1O.Cl. The normalized spacial score (nSPS) is 11.7. The van der Waals surface area contributed by atoms with Crippen molar-refractivity contribution in [2.45, 2.75) is 13.0 Å². The molecule has 7 heteroatoms. The van der Waals surface area contributed by atoms with Gasteiger partial charge in [-0.05, 0) is 13.0 Å². The molecule has 0 aliphatic rings. The Morgan fingerprint density at radius 2 is 2.13 bits per heavy atom. The van der Waals surface area contributed by atoms with E-state index in [2.05, 4.69) is 0 Å². The number of phenolic OH excluding ortho intramolecular Hbond substituents is 1. The lowest BCUT2D eigenvalue weighted by Crippen LogP contribution is -2.06. The summed E-state index contributed by atoms with van der Waals surface area (Å²) in [5.74, 6) is -1.37. The highest BCUT2D eigenvalue weighted by Gasteiger charge is 2.20. The Hall–Kier alpha value is -1.40. The molecule has 0 spiro atoms. The Labute approximate surface area is 91.3 Å². The number of benzene rings is 1. The smallest absolute Gasteiger partial charge is 0.313 e. The molecule has 0 aliphatic heterocycles. The van der Waals surface area contributed by atoms with E-state index in [9.17, 15) is 19.6 Å². The van der Waals surface area contributed by atoms with Crippen LogP contribution in [0.2, 0.25) is 0 Å². The third-order valence-corrected chi connectivity index (χ3v) is 1.77. The molecule has 5 nitrogen and oxygen atoms in total. The van der Waals surface area contributed by atoms with Crippen molar-refractivity contribution in [3.63, 3.8) is 0 Å². The maximum Gasteiger partial charge on any atom is 0.313 e. The van der Waals surface area contributed by atoms with Gasteiger partial charge in [-0.15, -0.1) is 12.4 Å². The molecule has 1 atom stereocenters. The van der Waals surface area contributed by atoms with Crippen molar-refractivity contribution in [1.82, 2.24) is 0 Å². The zero-order valence-electron chi connectivity index (χ0n) is 7.81. The number of nitrogens with two attached hydrogens (primary N) is 1. The third kappa shape index (κ3) is 2.77. The summed E-state index contributed by atoms with van der Waals surface area (Å²) in [6, 6.07) is 0.971. The van der Waals surface area contributed by atoms with Crippen LogP contribution in [-0.4, -0.2) is 10.0 Å². The summed E-state index contributed by atoms with van der Waals surface area (Å²) >= 11 is 0. The third-order valence-electron chi connectivity index (χ3n) is 1.77. The standard InChI is InChI=1S/C8H9FN2O3.ClH/c1-4(10)6-2-5(9)3-7(8(6)12)11(13)14;/h2-4,12H,10H2,1H3;1H/t4-;/m1./s1. The Balaban J connectivity index is 0.00000196. The van der Waals surface area contributed by atoms with Crippen LogP contribution in [0.4, 0.5) is 10.1 Å². The Morgan fingerprint density at radius 3 is 2.53 bits per heavy atom. The van der Waals surface area contributed by atoms with Gasteiger partial charge in [-0.3, -0.25) is 10.1 Å². The molecule has 0 heterocycles. The van der Waals surface area contributed by atoms with Crippen LogP contribution in [0.25, 0.3) is 0 Å². The van der Waals surface area contributed by atoms with Crippen LogP contribution in [0.3, 0.4) is 0 Å². The van der Waals surface area contributed by atoms with Crippen molar-refractivity contribution >= 4 is 18.1 Å². The van der Waals surface area contributed by atoms with Crippen molar-refractivity contribution in [2.24, 2.45) is 5.73 Å². The molecule has 0 unspecified atom stereocenters. The fraction of sp³-hybridized carbons (Fsp3) is 0.250. The van der Waals surface area contributed by atoms with Gasteiger partial charge in [0.05, 0.1) is 11.0 Å². The first kappa shape index (κ1) is 13.6. The molecule has 15 heavy (non-hydrogen) atoms. The number of rotatable bonds is 2. The summed E-state index contributed by atoms with van der Waals surface area (Å²) in [5.41, 5.74) is 4.76. The summed E-state index contributed by atoms with van der Waals surface area (Å²) in [4.78, 5) is 9.53. The topological polar surface area (TPSA) is 89.4 Å². The molecule has 0 amide bonds. The minimum atomic E-state index is -0.857. The second kappa shape index (κ2) is 4.90. The van der Waals surface area contributed by atoms with Crippen molar-refractivity contribution in [1.29, 1.82) is 0 Å². The number of nitrogens with zero attached hydrogens (tertiary/aromatic N) is 1. The Bertz CT molecular complexity index is 384. The molecule has 1 rings (SSSR count). The minimum absolute atomic E-state index is 0. The summed E-state index contributed by atoms with van der Waals surface area (Å²) in [6.07, 6.45) is 0. The van der Waals surface area contributed by atoms with E-state index in [0.29, 0.717) is 6.07 Å². The largest absolute Gasteiger partial charge is 0.502 e. The maximum absolute atomic E-state index is 12.9. The lowest BCUT2D eigenvalue weighted by atomic mass is 10.1. The molecule has 0 bridgehead atoms. The number of aromatic hydroxyl groups is 1. The highest BCUT2D eigenvalue weighted by atomic mass is 35.5. The summed E-state index contributed by atoms with van der Waals surface area (Å²) < 4.78 is 12.9. The Kier molecular flexibility index (Phi) is 4.44. The summed E-state index contributed by atoms with van der Waals surface area (Å²) in [7, 11) is 0. The average Bonchev–Trinajstić information content (AvgIpc) is 2.07. The van der Waals surface area contributed by atoms with Crippen LogP contribution in [0.5, 0.6) is 5.75 Å². The Morgan fingerprint density at radius 1 is 1.60 bits per heavy atom. The number of nitro groups is 1. The summed E-state index contributed by atoms with van der Waals surface area (Å²) in [6.45, 7) is 1.50. The first-order valence-electron chi connectivity index (χ1n) is 3.86. The van der Waals surface area contributed by atoms with E-state index in [1.54, 1.807) is 0 Å². The highest BCUT2D eigenvalue weighted by molar-refractivity contribution is 5.85. The van der Waals surface area contributed by atoms with Gasteiger partial charge in [0.1, 0.15) is 5.82 Å². The molecule has 0 aliphatic carbocycles. The molecular weight excluding hydrogens is 227 g/mol. The molecular formula is C8H10ClFN2O3. The highest BCUT2D eigenvalue weighted by Crippen LogP contribution is 2.33. The van der Waals surface area contributed by atoms with Crippen LogP contribution in [-0.2, 0) is 0 Å². The number of nitro benzene ring substituents is 1. The van der Waals surface area contributed by atoms with Gasteiger partial charge in [0.2, 0.25) is 0 Å². The fourth-order valence-electron chi connectivity index (χ4n) is 1.09. The van der Waals surface area contributed by atoms with E-state index >= 15 is 0 Å². The van der Waals surface area contributed by atoms with Crippen molar-refractivity contribution in [3.05, 3.63) is 33.6 Å². The predicted molar refractivity (Wildman–Crippen MR) is 54.6 cm³/mol. The molecule has 1 aromatic carbocycles. The van der Waals surface area contributed by atoms with Crippen LogP contribution in [0, 0.1) is 15.9 Å². The number of phenols is 1. The monoisotopic (exact) mass is 236 g/mol. The minimum Gasteiger partial charge on any atom is -0.502 e. The van der Waals surface area contributed by atoms with Crippen molar-refractivity contribution in [2.75, 3.05) is 0 Å². The predicted octanol–water partition coefficient (Wildman–Crippen LogP) is 1.88. The molecule has 84 valence electrons. The van der Waals surface area contributed by atoms with E-state index in [0.717, 1.165) is 6.07 Å². The molecule has 0 radical (unpaired) electrons. The van der Waals surface area contributed by atoms with Gasteiger partial charge in [0, 0.05) is 11.6 Å². The second-order valence-corrected chi connectivity index (χ2v) is 2.91. The van der Waals surface area contributed by atoms with Gasteiger partial charge in [-0.1, -0.05) is 0 Å². The average molecular weight is 237 g/mol. The number of hydrogen-bond acceptors (Lipinski definition) is 4. The zero-order valence-corrected chi connectivity index (χ0v) is 8.62. The van der Waals surface area contributed by atoms with Crippen molar-refractivity contribution < 1.29 is 14.4 Å². The fourth-order valence-corrected chi connectivity index (χ4v) is 1.09. The molecule has 0 saturated carbocycles. The molecule has 1 aromatic rings. The van der Waals surface area contributed by atoms with Gasteiger partial charge in [0.25, 0.3) is 0 Å². The summed E-state index contributed by atoms with van der Waals surface area (Å²) in [5, 5.41) is 19.8.